The van der Waals surface area contributed by atoms with E-state index in [2.05, 4.69) is 29.5 Å². The van der Waals surface area contributed by atoms with Gasteiger partial charge in [-0.15, -0.1) is 0 Å². The van der Waals surface area contributed by atoms with Gasteiger partial charge in [-0.05, 0) is 50.4 Å². The van der Waals surface area contributed by atoms with Crippen molar-refractivity contribution < 1.29 is 4.79 Å². The summed E-state index contributed by atoms with van der Waals surface area (Å²) in [6.07, 6.45) is 5.82. The predicted octanol–water partition coefficient (Wildman–Crippen LogP) is 2.28. The van der Waals surface area contributed by atoms with Crippen molar-refractivity contribution >= 4 is 5.91 Å². The van der Waals surface area contributed by atoms with Crippen LogP contribution < -0.4 is 10.6 Å². The highest BCUT2D eigenvalue weighted by Crippen LogP contribution is 2.32. The number of pyridine rings is 1. The van der Waals surface area contributed by atoms with Crippen LogP contribution >= 0.6 is 0 Å². The summed E-state index contributed by atoms with van der Waals surface area (Å²) in [4.78, 5) is 16.7. The van der Waals surface area contributed by atoms with Gasteiger partial charge in [0.15, 0.2) is 0 Å². The van der Waals surface area contributed by atoms with E-state index in [0.29, 0.717) is 5.92 Å². The number of carbonyl (C=O) groups is 1. The van der Waals surface area contributed by atoms with E-state index in [1.165, 1.54) is 0 Å². The topological polar surface area (TPSA) is 54.0 Å². The first kappa shape index (κ1) is 15.0. The molecule has 1 saturated heterocycles. The van der Waals surface area contributed by atoms with Crippen molar-refractivity contribution in [2.45, 2.75) is 39.7 Å². The SMILES string of the molecule is CC(NC(=O)C(C)(C)C1CCCNC1)c1cccnc1. The van der Waals surface area contributed by atoms with Crippen LogP contribution in [0.25, 0.3) is 0 Å². The molecule has 1 aromatic heterocycles. The van der Waals surface area contributed by atoms with E-state index in [4.69, 9.17) is 0 Å². The quantitative estimate of drug-likeness (QED) is 0.886. The summed E-state index contributed by atoms with van der Waals surface area (Å²) < 4.78 is 0. The molecule has 20 heavy (non-hydrogen) atoms. The first-order valence-electron chi connectivity index (χ1n) is 7.43. The second-order valence-electron chi connectivity index (χ2n) is 6.25. The Kier molecular flexibility index (Phi) is 4.76. The largest absolute Gasteiger partial charge is 0.349 e. The lowest BCUT2D eigenvalue weighted by molar-refractivity contribution is -0.133. The van der Waals surface area contributed by atoms with Gasteiger partial charge in [0.1, 0.15) is 0 Å². The van der Waals surface area contributed by atoms with E-state index in [-0.39, 0.29) is 17.4 Å². The van der Waals surface area contributed by atoms with Crippen LogP contribution in [-0.2, 0) is 4.79 Å². The Hall–Kier alpha value is -1.42. The smallest absolute Gasteiger partial charge is 0.226 e. The Bertz CT molecular complexity index is 438. The molecular weight excluding hydrogens is 250 g/mol. The number of carbonyl (C=O) groups excluding carboxylic acids is 1. The normalized spacial score (nSPS) is 21.2. The molecule has 2 atom stereocenters. The summed E-state index contributed by atoms with van der Waals surface area (Å²) >= 11 is 0. The van der Waals surface area contributed by atoms with Gasteiger partial charge in [0.05, 0.1) is 6.04 Å². The Morgan fingerprint density at radius 2 is 2.35 bits per heavy atom. The van der Waals surface area contributed by atoms with Crippen molar-refractivity contribution in [3.8, 4) is 0 Å². The predicted molar refractivity (Wildman–Crippen MR) is 80.2 cm³/mol. The molecule has 2 heterocycles. The number of piperidine rings is 1. The highest BCUT2D eigenvalue weighted by atomic mass is 16.2. The minimum atomic E-state index is -0.343. The number of hydrogen-bond acceptors (Lipinski definition) is 3. The number of hydrogen-bond donors (Lipinski definition) is 2. The lowest BCUT2D eigenvalue weighted by Crippen LogP contribution is -2.47. The molecular formula is C16H25N3O. The standard InChI is InChI=1S/C16H25N3O/c1-12(13-6-4-8-17-10-13)19-15(20)16(2,3)14-7-5-9-18-11-14/h4,6,8,10,12,14,18H,5,7,9,11H2,1-3H3,(H,19,20). The Morgan fingerprint density at radius 3 is 2.95 bits per heavy atom. The average molecular weight is 275 g/mol. The fraction of sp³-hybridized carbons (Fsp3) is 0.625. The van der Waals surface area contributed by atoms with Crippen molar-refractivity contribution in [1.82, 2.24) is 15.6 Å². The third-order valence-corrected chi connectivity index (χ3v) is 4.43. The van der Waals surface area contributed by atoms with Crippen LogP contribution in [0.1, 0.15) is 45.2 Å². The van der Waals surface area contributed by atoms with E-state index >= 15 is 0 Å². The molecule has 0 spiro atoms. The van der Waals surface area contributed by atoms with Crippen LogP contribution in [-0.4, -0.2) is 24.0 Å². The van der Waals surface area contributed by atoms with Crippen LogP contribution in [0.2, 0.25) is 0 Å². The minimum Gasteiger partial charge on any atom is -0.349 e. The van der Waals surface area contributed by atoms with E-state index in [1.807, 2.05) is 19.1 Å². The summed E-state index contributed by atoms with van der Waals surface area (Å²) in [5.74, 6) is 0.528. The van der Waals surface area contributed by atoms with Gasteiger partial charge in [-0.3, -0.25) is 9.78 Å². The molecule has 1 aliphatic rings. The van der Waals surface area contributed by atoms with Gasteiger partial charge in [-0.25, -0.2) is 0 Å². The van der Waals surface area contributed by atoms with Crippen LogP contribution in [0.4, 0.5) is 0 Å². The fourth-order valence-corrected chi connectivity index (χ4v) is 2.75. The number of nitrogens with one attached hydrogen (secondary N) is 2. The highest BCUT2D eigenvalue weighted by Gasteiger charge is 2.37. The van der Waals surface area contributed by atoms with Gasteiger partial charge >= 0.3 is 0 Å². The van der Waals surface area contributed by atoms with Crippen molar-refractivity contribution in [3.05, 3.63) is 30.1 Å². The maximum Gasteiger partial charge on any atom is 0.226 e. The van der Waals surface area contributed by atoms with Gasteiger partial charge in [-0.1, -0.05) is 19.9 Å². The number of aromatic nitrogens is 1. The summed E-state index contributed by atoms with van der Waals surface area (Å²) in [5.41, 5.74) is 0.697. The highest BCUT2D eigenvalue weighted by molar-refractivity contribution is 5.82. The number of nitrogens with zero attached hydrogens (tertiary/aromatic N) is 1. The zero-order valence-corrected chi connectivity index (χ0v) is 12.6. The number of rotatable bonds is 4. The van der Waals surface area contributed by atoms with Crippen molar-refractivity contribution in [2.24, 2.45) is 11.3 Å². The molecule has 0 saturated carbocycles. The molecule has 4 nitrogen and oxygen atoms in total. The molecule has 1 amide bonds. The van der Waals surface area contributed by atoms with Gasteiger partial charge in [0.2, 0.25) is 5.91 Å². The van der Waals surface area contributed by atoms with Crippen LogP contribution in [0.3, 0.4) is 0 Å². The second-order valence-corrected chi connectivity index (χ2v) is 6.25. The second kappa shape index (κ2) is 6.35. The molecule has 4 heteroatoms. The van der Waals surface area contributed by atoms with E-state index < -0.39 is 0 Å². The summed E-state index contributed by atoms with van der Waals surface area (Å²) in [6, 6.07) is 3.88. The molecule has 2 unspecified atom stereocenters. The van der Waals surface area contributed by atoms with Gasteiger partial charge < -0.3 is 10.6 Å². The lowest BCUT2D eigenvalue weighted by Gasteiger charge is -2.36. The molecule has 1 fully saturated rings. The lowest BCUT2D eigenvalue weighted by atomic mass is 9.74. The average Bonchev–Trinajstić information content (AvgIpc) is 2.49. The zero-order chi connectivity index (χ0) is 14.6. The first-order chi connectivity index (χ1) is 9.51. The van der Waals surface area contributed by atoms with E-state index in [0.717, 1.165) is 31.5 Å². The third kappa shape index (κ3) is 3.37. The van der Waals surface area contributed by atoms with Crippen LogP contribution in [0.15, 0.2) is 24.5 Å². The van der Waals surface area contributed by atoms with Crippen LogP contribution in [0.5, 0.6) is 0 Å². The van der Waals surface area contributed by atoms with Gasteiger partial charge in [-0.2, -0.15) is 0 Å². The Balaban J connectivity index is 1.99. The summed E-state index contributed by atoms with van der Waals surface area (Å²) in [7, 11) is 0. The van der Waals surface area contributed by atoms with E-state index in [1.54, 1.807) is 12.4 Å². The summed E-state index contributed by atoms with van der Waals surface area (Å²) in [6.45, 7) is 8.11. The Labute approximate surface area is 121 Å². The van der Waals surface area contributed by atoms with Crippen molar-refractivity contribution in [3.63, 3.8) is 0 Å². The third-order valence-electron chi connectivity index (χ3n) is 4.43. The maximum atomic E-state index is 12.6. The number of amides is 1. The van der Waals surface area contributed by atoms with Crippen molar-refractivity contribution in [2.75, 3.05) is 13.1 Å². The fourth-order valence-electron chi connectivity index (χ4n) is 2.75. The molecule has 1 aliphatic heterocycles. The first-order valence-corrected chi connectivity index (χ1v) is 7.43. The summed E-state index contributed by atoms with van der Waals surface area (Å²) in [5, 5.41) is 6.52. The monoisotopic (exact) mass is 275 g/mol. The van der Waals surface area contributed by atoms with Crippen molar-refractivity contribution in [1.29, 1.82) is 0 Å². The molecule has 110 valence electrons. The van der Waals surface area contributed by atoms with Gasteiger partial charge in [0.25, 0.3) is 0 Å². The molecule has 2 N–H and O–H groups in total. The Morgan fingerprint density at radius 1 is 1.55 bits per heavy atom. The maximum absolute atomic E-state index is 12.6. The molecule has 1 aromatic rings. The molecule has 2 rings (SSSR count). The van der Waals surface area contributed by atoms with E-state index in [9.17, 15) is 4.79 Å². The molecule has 0 radical (unpaired) electrons. The molecule has 0 bridgehead atoms. The molecule has 0 aliphatic carbocycles. The minimum absolute atomic E-state index is 0.00738. The van der Waals surface area contributed by atoms with Gasteiger partial charge in [0, 0.05) is 17.8 Å². The van der Waals surface area contributed by atoms with Crippen LogP contribution in [0, 0.1) is 11.3 Å². The zero-order valence-electron chi connectivity index (χ0n) is 12.6. The molecule has 0 aromatic carbocycles.